The van der Waals surface area contributed by atoms with Crippen LogP contribution in [0.4, 0.5) is 0 Å². The van der Waals surface area contributed by atoms with Gasteiger partial charge in [0.25, 0.3) is 5.91 Å². The third-order valence-electron chi connectivity index (χ3n) is 2.93. The Morgan fingerprint density at radius 3 is 2.84 bits per heavy atom. The average molecular weight is 284 g/mol. The van der Waals surface area contributed by atoms with E-state index >= 15 is 0 Å². The normalized spacial score (nSPS) is 19.5. The molecule has 1 fully saturated rings. The van der Waals surface area contributed by atoms with Crippen LogP contribution in [0.25, 0.3) is 0 Å². The van der Waals surface area contributed by atoms with E-state index in [0.29, 0.717) is 25.4 Å². The summed E-state index contributed by atoms with van der Waals surface area (Å²) >= 11 is 1.49. The number of aromatic nitrogens is 1. The highest BCUT2D eigenvalue weighted by molar-refractivity contribution is 7.11. The topological polar surface area (TPSA) is 79.7 Å². The summed E-state index contributed by atoms with van der Waals surface area (Å²) in [4.78, 5) is 29.8. The number of amides is 1. The van der Waals surface area contributed by atoms with Gasteiger partial charge in [-0.25, -0.2) is 4.98 Å². The van der Waals surface area contributed by atoms with Crippen molar-refractivity contribution in [2.24, 2.45) is 0 Å². The minimum absolute atomic E-state index is 0.0845. The molecule has 1 aromatic rings. The molecule has 1 aliphatic rings. The number of aryl methyl sites for hydroxylation is 2. The number of carboxylic acid groups (broad SMARTS) is 1. The summed E-state index contributed by atoms with van der Waals surface area (Å²) < 4.78 is 5.35. The summed E-state index contributed by atoms with van der Waals surface area (Å²) in [6.07, 6.45) is -0.519. The van der Waals surface area contributed by atoms with Crippen LogP contribution >= 0.6 is 11.3 Å². The van der Waals surface area contributed by atoms with Gasteiger partial charge in [-0.3, -0.25) is 9.59 Å². The van der Waals surface area contributed by atoms with E-state index in [4.69, 9.17) is 9.84 Å². The molecule has 0 saturated carbocycles. The quantitative estimate of drug-likeness (QED) is 0.898. The summed E-state index contributed by atoms with van der Waals surface area (Å²) in [5.74, 6) is -1.06. The van der Waals surface area contributed by atoms with Crippen molar-refractivity contribution in [1.82, 2.24) is 9.88 Å². The summed E-state index contributed by atoms with van der Waals surface area (Å²) in [6.45, 7) is 4.88. The SMILES string of the molecule is Cc1nc(C(=O)N2CCO[C@@H](CC(=O)O)C2)c(C)s1. The molecule has 0 aliphatic carbocycles. The van der Waals surface area contributed by atoms with Gasteiger partial charge in [0.1, 0.15) is 5.69 Å². The standard InChI is InChI=1S/C12H16N2O4S/c1-7-11(13-8(2)19-7)12(17)14-3-4-18-9(6-14)5-10(15)16/h9H,3-6H2,1-2H3,(H,15,16)/t9-/m0/s1. The molecule has 1 amide bonds. The maximum atomic E-state index is 12.3. The molecule has 1 aliphatic heterocycles. The molecular weight excluding hydrogens is 268 g/mol. The monoisotopic (exact) mass is 284 g/mol. The van der Waals surface area contributed by atoms with Crippen LogP contribution in [-0.4, -0.2) is 52.7 Å². The number of carbonyl (C=O) groups excluding carboxylic acids is 1. The van der Waals surface area contributed by atoms with E-state index < -0.39 is 12.1 Å². The minimum Gasteiger partial charge on any atom is -0.481 e. The van der Waals surface area contributed by atoms with Gasteiger partial charge in [0, 0.05) is 18.0 Å². The average Bonchev–Trinajstić information content (AvgIpc) is 2.67. The summed E-state index contributed by atoms with van der Waals surface area (Å²) in [6, 6.07) is 0. The van der Waals surface area contributed by atoms with Gasteiger partial charge in [-0.2, -0.15) is 0 Å². The van der Waals surface area contributed by atoms with Crippen molar-refractivity contribution < 1.29 is 19.4 Å². The predicted molar refractivity (Wildman–Crippen MR) is 69.5 cm³/mol. The third kappa shape index (κ3) is 3.30. The Morgan fingerprint density at radius 1 is 1.53 bits per heavy atom. The molecule has 1 atom stereocenters. The van der Waals surface area contributed by atoms with Crippen LogP contribution in [0, 0.1) is 13.8 Å². The fourth-order valence-corrected chi connectivity index (χ4v) is 2.91. The van der Waals surface area contributed by atoms with E-state index in [1.165, 1.54) is 11.3 Å². The lowest BCUT2D eigenvalue weighted by molar-refractivity contribution is -0.141. The number of carboxylic acids is 1. The van der Waals surface area contributed by atoms with Gasteiger partial charge in [-0.05, 0) is 13.8 Å². The first kappa shape index (κ1) is 14.0. The molecule has 0 radical (unpaired) electrons. The Balaban J connectivity index is 2.07. The zero-order valence-electron chi connectivity index (χ0n) is 10.9. The Hall–Kier alpha value is -1.47. The van der Waals surface area contributed by atoms with Crippen molar-refractivity contribution in [3.05, 3.63) is 15.6 Å². The third-order valence-corrected chi connectivity index (χ3v) is 3.82. The van der Waals surface area contributed by atoms with Gasteiger partial charge in [0.15, 0.2) is 0 Å². The fourth-order valence-electron chi connectivity index (χ4n) is 2.10. The number of ether oxygens (including phenoxy) is 1. The highest BCUT2D eigenvalue weighted by Crippen LogP contribution is 2.19. The van der Waals surface area contributed by atoms with Crippen molar-refractivity contribution in [1.29, 1.82) is 0 Å². The van der Waals surface area contributed by atoms with Crippen LogP contribution in [0.3, 0.4) is 0 Å². The summed E-state index contributed by atoms with van der Waals surface area (Å²) in [7, 11) is 0. The number of rotatable bonds is 3. The van der Waals surface area contributed by atoms with Crippen LogP contribution in [-0.2, 0) is 9.53 Å². The Labute approximate surface area is 115 Å². The first-order chi connectivity index (χ1) is 8.97. The number of hydrogen-bond donors (Lipinski definition) is 1. The zero-order valence-corrected chi connectivity index (χ0v) is 11.7. The van der Waals surface area contributed by atoms with Gasteiger partial charge >= 0.3 is 5.97 Å². The lowest BCUT2D eigenvalue weighted by Gasteiger charge is -2.32. The molecule has 0 bridgehead atoms. The molecule has 0 aromatic carbocycles. The van der Waals surface area contributed by atoms with Crippen LogP contribution in [0.5, 0.6) is 0 Å². The van der Waals surface area contributed by atoms with Crippen molar-refractivity contribution >= 4 is 23.2 Å². The summed E-state index contributed by atoms with van der Waals surface area (Å²) in [5, 5.41) is 9.62. The lowest BCUT2D eigenvalue weighted by atomic mass is 10.2. The van der Waals surface area contributed by atoms with E-state index in [1.807, 2.05) is 13.8 Å². The Morgan fingerprint density at radius 2 is 2.26 bits per heavy atom. The van der Waals surface area contributed by atoms with Crippen LogP contribution < -0.4 is 0 Å². The maximum Gasteiger partial charge on any atom is 0.306 e. The highest BCUT2D eigenvalue weighted by Gasteiger charge is 2.28. The van der Waals surface area contributed by atoms with Crippen LogP contribution in [0.2, 0.25) is 0 Å². The Kier molecular flexibility index (Phi) is 4.16. The molecule has 0 unspecified atom stereocenters. The molecule has 104 valence electrons. The van der Waals surface area contributed by atoms with Crippen molar-refractivity contribution in [2.75, 3.05) is 19.7 Å². The smallest absolute Gasteiger partial charge is 0.306 e. The number of morpholine rings is 1. The molecule has 0 spiro atoms. The van der Waals surface area contributed by atoms with E-state index in [2.05, 4.69) is 4.98 Å². The molecule has 2 heterocycles. The molecule has 2 rings (SSSR count). The van der Waals surface area contributed by atoms with E-state index in [9.17, 15) is 9.59 Å². The van der Waals surface area contributed by atoms with Gasteiger partial charge in [0.2, 0.25) is 0 Å². The second kappa shape index (κ2) is 5.66. The number of aliphatic carboxylic acids is 1. The van der Waals surface area contributed by atoms with Crippen LogP contribution in [0.15, 0.2) is 0 Å². The molecule has 1 N–H and O–H groups in total. The number of thiazole rings is 1. The van der Waals surface area contributed by atoms with Gasteiger partial charge in [0.05, 0.1) is 24.1 Å². The molecule has 7 heteroatoms. The van der Waals surface area contributed by atoms with E-state index in [1.54, 1.807) is 4.90 Å². The van der Waals surface area contributed by atoms with Crippen molar-refractivity contribution in [3.63, 3.8) is 0 Å². The van der Waals surface area contributed by atoms with Gasteiger partial charge < -0.3 is 14.7 Å². The lowest BCUT2D eigenvalue weighted by Crippen LogP contribution is -2.46. The van der Waals surface area contributed by atoms with E-state index in [-0.39, 0.29) is 12.3 Å². The molecular formula is C12H16N2O4S. The second-order valence-corrected chi connectivity index (χ2v) is 5.89. The Bertz CT molecular complexity index is 500. The largest absolute Gasteiger partial charge is 0.481 e. The predicted octanol–water partition coefficient (Wildman–Crippen LogP) is 1.08. The maximum absolute atomic E-state index is 12.3. The van der Waals surface area contributed by atoms with Gasteiger partial charge in [-0.1, -0.05) is 0 Å². The molecule has 6 nitrogen and oxygen atoms in total. The molecule has 19 heavy (non-hydrogen) atoms. The van der Waals surface area contributed by atoms with Crippen molar-refractivity contribution in [2.45, 2.75) is 26.4 Å². The first-order valence-corrected chi connectivity index (χ1v) is 6.85. The molecule has 1 aromatic heterocycles. The zero-order chi connectivity index (χ0) is 14.0. The number of nitrogens with zero attached hydrogens (tertiary/aromatic N) is 2. The van der Waals surface area contributed by atoms with E-state index in [0.717, 1.165) is 9.88 Å². The first-order valence-electron chi connectivity index (χ1n) is 6.04. The van der Waals surface area contributed by atoms with Crippen molar-refractivity contribution in [3.8, 4) is 0 Å². The minimum atomic E-state index is -0.917. The number of hydrogen-bond acceptors (Lipinski definition) is 5. The summed E-state index contributed by atoms with van der Waals surface area (Å²) in [5.41, 5.74) is 0.471. The number of carbonyl (C=O) groups is 2. The van der Waals surface area contributed by atoms with Gasteiger partial charge in [-0.15, -0.1) is 11.3 Å². The highest BCUT2D eigenvalue weighted by atomic mass is 32.1. The fraction of sp³-hybridized carbons (Fsp3) is 0.583. The second-order valence-electron chi connectivity index (χ2n) is 4.48. The van der Waals surface area contributed by atoms with Crippen LogP contribution in [0.1, 0.15) is 26.8 Å². The molecule has 1 saturated heterocycles.